The highest BCUT2D eigenvalue weighted by molar-refractivity contribution is 5.57. The van der Waals surface area contributed by atoms with E-state index in [2.05, 4.69) is 51.1 Å². The molecule has 2 aliphatic rings. The Hall–Kier alpha value is -1.59. The van der Waals surface area contributed by atoms with Gasteiger partial charge in [-0.15, -0.1) is 0 Å². The number of rotatable bonds is 2. The Bertz CT molecular complexity index is 636. The summed E-state index contributed by atoms with van der Waals surface area (Å²) in [5.74, 6) is 0.624. The number of piperazine rings is 1. The minimum absolute atomic E-state index is 0.624. The van der Waals surface area contributed by atoms with E-state index >= 15 is 0 Å². The summed E-state index contributed by atoms with van der Waals surface area (Å²) in [6.07, 6.45) is 6.85. The van der Waals surface area contributed by atoms with Crippen molar-refractivity contribution in [3.8, 4) is 0 Å². The molecule has 5 heteroatoms. The summed E-state index contributed by atoms with van der Waals surface area (Å²) >= 11 is 0. The largest absolute Gasteiger partial charge is 0.369 e. The fourth-order valence-electron chi connectivity index (χ4n) is 3.61. The molecular weight excluding hydrogens is 274 g/mol. The standard InChI is InChI=1S/C17H25N5/c1-20-7-2-14(3-8-20)16-13-22-9-4-15(12-17(22)19-16)21-10-5-18-6-11-21/h4,9,12-14,18H,2-3,5-8,10-11H2,1H3. The summed E-state index contributed by atoms with van der Waals surface area (Å²) in [5.41, 5.74) is 3.66. The first kappa shape index (κ1) is 14.0. The highest BCUT2D eigenvalue weighted by Crippen LogP contribution is 2.28. The molecule has 0 spiro atoms. The second-order valence-electron chi connectivity index (χ2n) is 6.63. The van der Waals surface area contributed by atoms with Gasteiger partial charge in [0.1, 0.15) is 5.65 Å². The Morgan fingerprint density at radius 2 is 1.91 bits per heavy atom. The summed E-state index contributed by atoms with van der Waals surface area (Å²) in [6, 6.07) is 4.46. The summed E-state index contributed by atoms with van der Waals surface area (Å²) in [5, 5.41) is 3.41. The smallest absolute Gasteiger partial charge is 0.139 e. The van der Waals surface area contributed by atoms with E-state index in [1.54, 1.807) is 0 Å². The quantitative estimate of drug-likeness (QED) is 0.913. The molecule has 2 aromatic heterocycles. The zero-order chi connectivity index (χ0) is 14.9. The van der Waals surface area contributed by atoms with Crippen molar-refractivity contribution in [1.82, 2.24) is 19.6 Å². The van der Waals surface area contributed by atoms with Crippen molar-refractivity contribution < 1.29 is 0 Å². The minimum Gasteiger partial charge on any atom is -0.369 e. The van der Waals surface area contributed by atoms with E-state index in [9.17, 15) is 0 Å². The first-order chi connectivity index (χ1) is 10.8. The third-order valence-electron chi connectivity index (χ3n) is 5.08. The second kappa shape index (κ2) is 5.89. The van der Waals surface area contributed by atoms with Crippen LogP contribution in [-0.2, 0) is 0 Å². The molecule has 0 aromatic carbocycles. The molecule has 118 valence electrons. The summed E-state index contributed by atoms with van der Waals surface area (Å²) < 4.78 is 2.18. The molecule has 2 aliphatic heterocycles. The Labute approximate surface area is 131 Å². The van der Waals surface area contributed by atoms with Gasteiger partial charge in [-0.05, 0) is 39.0 Å². The molecule has 22 heavy (non-hydrogen) atoms. The van der Waals surface area contributed by atoms with Gasteiger partial charge in [-0.2, -0.15) is 0 Å². The van der Waals surface area contributed by atoms with E-state index in [-0.39, 0.29) is 0 Å². The molecule has 2 aromatic rings. The van der Waals surface area contributed by atoms with Crippen LogP contribution >= 0.6 is 0 Å². The number of pyridine rings is 1. The lowest BCUT2D eigenvalue weighted by molar-refractivity contribution is 0.253. The molecular formula is C17H25N5. The van der Waals surface area contributed by atoms with Crippen molar-refractivity contribution in [3.05, 3.63) is 30.2 Å². The summed E-state index contributed by atoms with van der Waals surface area (Å²) in [6.45, 7) is 6.67. The molecule has 0 radical (unpaired) electrons. The second-order valence-corrected chi connectivity index (χ2v) is 6.63. The Morgan fingerprint density at radius 3 is 2.68 bits per heavy atom. The van der Waals surface area contributed by atoms with Crippen LogP contribution < -0.4 is 10.2 Å². The van der Waals surface area contributed by atoms with Crippen molar-refractivity contribution in [3.63, 3.8) is 0 Å². The maximum absolute atomic E-state index is 4.92. The van der Waals surface area contributed by atoms with Gasteiger partial charge in [0.2, 0.25) is 0 Å². The van der Waals surface area contributed by atoms with Crippen LogP contribution in [0, 0.1) is 0 Å². The number of fused-ring (bicyclic) bond motifs is 1. The Morgan fingerprint density at radius 1 is 1.14 bits per heavy atom. The molecule has 0 bridgehead atoms. The minimum atomic E-state index is 0.624. The third kappa shape index (κ3) is 2.71. The maximum Gasteiger partial charge on any atom is 0.139 e. The zero-order valence-electron chi connectivity index (χ0n) is 13.3. The van der Waals surface area contributed by atoms with Gasteiger partial charge in [0.05, 0.1) is 5.69 Å². The van der Waals surface area contributed by atoms with Crippen LogP contribution in [0.2, 0.25) is 0 Å². The molecule has 0 atom stereocenters. The van der Waals surface area contributed by atoms with E-state index in [0.717, 1.165) is 31.8 Å². The number of likely N-dealkylation sites (tertiary alicyclic amines) is 1. The highest BCUT2D eigenvalue weighted by Gasteiger charge is 2.21. The topological polar surface area (TPSA) is 35.8 Å². The van der Waals surface area contributed by atoms with E-state index in [4.69, 9.17) is 4.98 Å². The average Bonchev–Trinajstić information content (AvgIpc) is 2.99. The molecule has 4 rings (SSSR count). The van der Waals surface area contributed by atoms with Crippen LogP contribution in [0.25, 0.3) is 5.65 Å². The third-order valence-corrected chi connectivity index (χ3v) is 5.08. The summed E-state index contributed by atoms with van der Waals surface area (Å²) in [4.78, 5) is 9.78. The number of anilines is 1. The molecule has 0 unspecified atom stereocenters. The summed E-state index contributed by atoms with van der Waals surface area (Å²) in [7, 11) is 2.21. The highest BCUT2D eigenvalue weighted by atomic mass is 15.2. The van der Waals surface area contributed by atoms with Crippen LogP contribution in [0.5, 0.6) is 0 Å². The van der Waals surface area contributed by atoms with Gasteiger partial charge in [-0.1, -0.05) is 0 Å². The molecule has 1 N–H and O–H groups in total. The Balaban J connectivity index is 1.58. The van der Waals surface area contributed by atoms with E-state index in [1.165, 1.54) is 37.3 Å². The van der Waals surface area contributed by atoms with Crippen LogP contribution in [-0.4, -0.2) is 60.6 Å². The van der Waals surface area contributed by atoms with Crippen molar-refractivity contribution in [2.24, 2.45) is 0 Å². The van der Waals surface area contributed by atoms with Crippen molar-refractivity contribution in [2.75, 3.05) is 51.2 Å². The number of nitrogens with one attached hydrogen (secondary N) is 1. The molecule has 2 fully saturated rings. The lowest BCUT2D eigenvalue weighted by Gasteiger charge is -2.29. The first-order valence-corrected chi connectivity index (χ1v) is 8.42. The van der Waals surface area contributed by atoms with Crippen LogP contribution in [0.4, 0.5) is 5.69 Å². The first-order valence-electron chi connectivity index (χ1n) is 8.42. The fraction of sp³-hybridized carbons (Fsp3) is 0.588. The van der Waals surface area contributed by atoms with Gasteiger partial charge < -0.3 is 19.5 Å². The predicted molar refractivity (Wildman–Crippen MR) is 89.7 cm³/mol. The van der Waals surface area contributed by atoms with Crippen molar-refractivity contribution >= 4 is 11.3 Å². The average molecular weight is 299 g/mol. The number of aromatic nitrogens is 2. The van der Waals surface area contributed by atoms with Gasteiger partial charge in [0.25, 0.3) is 0 Å². The molecule has 4 heterocycles. The number of hydrogen-bond acceptors (Lipinski definition) is 4. The fourth-order valence-corrected chi connectivity index (χ4v) is 3.61. The van der Waals surface area contributed by atoms with Crippen molar-refractivity contribution in [1.29, 1.82) is 0 Å². The zero-order valence-corrected chi connectivity index (χ0v) is 13.3. The monoisotopic (exact) mass is 299 g/mol. The molecule has 0 aliphatic carbocycles. The van der Waals surface area contributed by atoms with E-state index < -0.39 is 0 Å². The van der Waals surface area contributed by atoms with Gasteiger partial charge in [0.15, 0.2) is 0 Å². The Kier molecular flexibility index (Phi) is 3.76. The molecule has 0 saturated carbocycles. The predicted octanol–water partition coefficient (Wildman–Crippen LogP) is 1.55. The van der Waals surface area contributed by atoms with E-state index in [1.807, 2.05) is 0 Å². The van der Waals surface area contributed by atoms with Gasteiger partial charge in [-0.25, -0.2) is 4.98 Å². The number of piperidine rings is 1. The van der Waals surface area contributed by atoms with E-state index in [0.29, 0.717) is 5.92 Å². The number of imidazole rings is 1. The maximum atomic E-state index is 4.92. The van der Waals surface area contributed by atoms with Gasteiger partial charge in [0, 0.05) is 56.2 Å². The van der Waals surface area contributed by atoms with Gasteiger partial charge in [-0.3, -0.25) is 0 Å². The van der Waals surface area contributed by atoms with Gasteiger partial charge >= 0.3 is 0 Å². The van der Waals surface area contributed by atoms with Crippen LogP contribution in [0.1, 0.15) is 24.5 Å². The lowest BCUT2D eigenvalue weighted by atomic mass is 9.94. The molecule has 5 nitrogen and oxygen atoms in total. The SMILES string of the molecule is CN1CCC(c2cn3ccc(N4CCNCC4)cc3n2)CC1. The lowest BCUT2D eigenvalue weighted by Crippen LogP contribution is -2.43. The number of hydrogen-bond donors (Lipinski definition) is 1. The van der Waals surface area contributed by atoms with Crippen LogP contribution in [0.3, 0.4) is 0 Å². The normalized spacial score (nSPS) is 21.6. The molecule has 0 amide bonds. The number of nitrogens with zero attached hydrogens (tertiary/aromatic N) is 4. The van der Waals surface area contributed by atoms with Crippen molar-refractivity contribution in [2.45, 2.75) is 18.8 Å². The van der Waals surface area contributed by atoms with Crippen LogP contribution in [0.15, 0.2) is 24.5 Å². The molecule has 2 saturated heterocycles.